The molecular formula is C29H34BrN3O4S. The van der Waals surface area contributed by atoms with Gasteiger partial charge in [0.25, 0.3) is 0 Å². The molecule has 0 radical (unpaired) electrons. The second kappa shape index (κ2) is 13.6. The third-order valence-corrected chi connectivity index (χ3v) is 7.70. The first-order valence-electron chi connectivity index (χ1n) is 12.5. The number of sulfonamides is 1. The van der Waals surface area contributed by atoms with Crippen LogP contribution in [0.25, 0.3) is 0 Å². The van der Waals surface area contributed by atoms with E-state index in [0.717, 1.165) is 38.1 Å². The minimum Gasteiger partial charge on any atom is -0.354 e. The van der Waals surface area contributed by atoms with E-state index < -0.39 is 28.5 Å². The highest BCUT2D eigenvalue weighted by atomic mass is 79.9. The van der Waals surface area contributed by atoms with Crippen LogP contribution >= 0.6 is 15.9 Å². The number of carbonyl (C=O) groups is 2. The highest BCUT2D eigenvalue weighted by Gasteiger charge is 2.32. The summed E-state index contributed by atoms with van der Waals surface area (Å²) in [6.45, 7) is 4.05. The molecule has 0 unspecified atom stereocenters. The number of aryl methyl sites for hydroxylation is 1. The quantitative estimate of drug-likeness (QED) is 0.327. The monoisotopic (exact) mass is 599 g/mol. The Hall–Kier alpha value is -3.17. The zero-order valence-corrected chi connectivity index (χ0v) is 24.3. The number of nitrogens with one attached hydrogen (secondary N) is 1. The predicted molar refractivity (Wildman–Crippen MR) is 155 cm³/mol. The summed E-state index contributed by atoms with van der Waals surface area (Å²) in [6, 6.07) is 23.1. The molecule has 3 aromatic rings. The summed E-state index contributed by atoms with van der Waals surface area (Å²) in [5, 5.41) is 2.93. The fourth-order valence-electron chi connectivity index (χ4n) is 4.08. The van der Waals surface area contributed by atoms with Crippen molar-refractivity contribution >= 4 is 43.5 Å². The number of benzene rings is 3. The van der Waals surface area contributed by atoms with Gasteiger partial charge in [0.2, 0.25) is 21.8 Å². The minimum atomic E-state index is -3.78. The molecule has 0 fully saturated rings. The third kappa shape index (κ3) is 8.43. The highest BCUT2D eigenvalue weighted by molar-refractivity contribution is 9.10. The summed E-state index contributed by atoms with van der Waals surface area (Å²) in [6.07, 6.45) is 2.12. The van der Waals surface area contributed by atoms with Crippen LogP contribution in [-0.4, -0.2) is 50.5 Å². The molecule has 0 aromatic heterocycles. The molecule has 0 aliphatic heterocycles. The van der Waals surface area contributed by atoms with Gasteiger partial charge >= 0.3 is 0 Å². The Balaban J connectivity index is 2.03. The fourth-order valence-corrected chi connectivity index (χ4v) is 5.37. The van der Waals surface area contributed by atoms with Crippen LogP contribution in [-0.2, 0) is 32.6 Å². The molecule has 9 heteroatoms. The lowest BCUT2D eigenvalue weighted by Gasteiger charge is -2.33. The molecule has 2 amide bonds. The first kappa shape index (κ1) is 29.4. The lowest BCUT2D eigenvalue weighted by atomic mass is 10.0. The molecule has 3 aromatic carbocycles. The van der Waals surface area contributed by atoms with Gasteiger partial charge in [-0.2, -0.15) is 0 Å². The van der Waals surface area contributed by atoms with Crippen molar-refractivity contribution in [3.63, 3.8) is 0 Å². The Kier molecular flexibility index (Phi) is 10.5. The van der Waals surface area contributed by atoms with Crippen LogP contribution in [0.3, 0.4) is 0 Å². The number of anilines is 1. The maximum absolute atomic E-state index is 14.0. The van der Waals surface area contributed by atoms with Crippen molar-refractivity contribution in [2.75, 3.05) is 23.7 Å². The van der Waals surface area contributed by atoms with Crippen molar-refractivity contribution < 1.29 is 18.0 Å². The Labute approximate surface area is 234 Å². The average molecular weight is 601 g/mol. The smallest absolute Gasteiger partial charge is 0.244 e. The SMILES string of the molecule is CCCNC(=O)[C@H](Cc1ccccc1)N(Cc1cccc(Br)c1)C(=O)CN(c1ccc(C)cc1)S(C)(=O)=O. The Morgan fingerprint density at radius 3 is 2.21 bits per heavy atom. The van der Waals surface area contributed by atoms with Crippen LogP contribution < -0.4 is 9.62 Å². The molecule has 0 saturated carbocycles. The van der Waals surface area contributed by atoms with Gasteiger partial charge in [-0.3, -0.25) is 13.9 Å². The molecular weight excluding hydrogens is 566 g/mol. The summed E-state index contributed by atoms with van der Waals surface area (Å²) >= 11 is 3.48. The molecule has 0 bridgehead atoms. The van der Waals surface area contributed by atoms with Crippen LogP contribution in [0.1, 0.15) is 30.0 Å². The van der Waals surface area contributed by atoms with Crippen LogP contribution in [0.4, 0.5) is 5.69 Å². The van der Waals surface area contributed by atoms with E-state index in [4.69, 9.17) is 0 Å². The van der Waals surface area contributed by atoms with E-state index in [9.17, 15) is 18.0 Å². The number of amides is 2. The minimum absolute atomic E-state index is 0.140. The van der Waals surface area contributed by atoms with E-state index in [1.807, 2.05) is 68.4 Å². The summed E-state index contributed by atoms with van der Waals surface area (Å²) in [7, 11) is -3.78. The summed E-state index contributed by atoms with van der Waals surface area (Å²) < 4.78 is 27.5. The fraction of sp³-hybridized carbons (Fsp3) is 0.310. The number of nitrogens with zero attached hydrogens (tertiary/aromatic N) is 2. The Bertz CT molecular complexity index is 1330. The molecule has 0 spiro atoms. The van der Waals surface area contributed by atoms with Gasteiger partial charge in [-0.15, -0.1) is 0 Å². The van der Waals surface area contributed by atoms with E-state index >= 15 is 0 Å². The van der Waals surface area contributed by atoms with Crippen molar-refractivity contribution in [3.05, 3.63) is 100 Å². The summed E-state index contributed by atoms with van der Waals surface area (Å²) in [5.74, 6) is -0.746. The van der Waals surface area contributed by atoms with Gasteiger partial charge in [0.1, 0.15) is 12.6 Å². The third-order valence-electron chi connectivity index (χ3n) is 6.06. The molecule has 1 N–H and O–H groups in total. The first-order chi connectivity index (χ1) is 18.1. The van der Waals surface area contributed by atoms with Gasteiger partial charge in [0.05, 0.1) is 11.9 Å². The highest BCUT2D eigenvalue weighted by Crippen LogP contribution is 2.21. The molecule has 1 atom stereocenters. The molecule has 202 valence electrons. The molecule has 0 aliphatic carbocycles. The van der Waals surface area contributed by atoms with E-state index in [2.05, 4.69) is 21.2 Å². The first-order valence-corrected chi connectivity index (χ1v) is 15.1. The standard InChI is InChI=1S/C29H34BrN3O4S/c1-4-17-31-29(35)27(19-23-9-6-5-7-10-23)32(20-24-11-8-12-25(30)18-24)28(34)21-33(38(3,36)37)26-15-13-22(2)14-16-26/h5-16,18,27H,4,17,19-21H2,1-3H3,(H,31,35)/t27-/m0/s1. The number of rotatable bonds is 12. The maximum Gasteiger partial charge on any atom is 0.244 e. The van der Waals surface area contributed by atoms with Gasteiger partial charge in [-0.1, -0.05) is 83.0 Å². The molecule has 3 rings (SSSR count). The maximum atomic E-state index is 14.0. The number of carbonyl (C=O) groups excluding carboxylic acids is 2. The van der Waals surface area contributed by atoms with E-state index in [1.165, 1.54) is 4.90 Å². The van der Waals surface area contributed by atoms with Crippen LogP contribution in [0.15, 0.2) is 83.3 Å². The van der Waals surface area contributed by atoms with Crippen molar-refractivity contribution in [1.82, 2.24) is 10.2 Å². The van der Waals surface area contributed by atoms with Gasteiger partial charge in [-0.25, -0.2) is 8.42 Å². The van der Waals surface area contributed by atoms with Gasteiger partial charge in [0, 0.05) is 24.0 Å². The van der Waals surface area contributed by atoms with E-state index in [1.54, 1.807) is 24.3 Å². The molecule has 0 heterocycles. The largest absolute Gasteiger partial charge is 0.354 e. The van der Waals surface area contributed by atoms with Crippen molar-refractivity contribution in [2.45, 2.75) is 39.3 Å². The second-order valence-corrected chi connectivity index (χ2v) is 12.1. The molecule has 38 heavy (non-hydrogen) atoms. The lowest BCUT2D eigenvalue weighted by molar-refractivity contribution is -0.140. The number of hydrogen-bond donors (Lipinski definition) is 1. The van der Waals surface area contributed by atoms with Crippen LogP contribution in [0, 0.1) is 6.92 Å². The zero-order valence-electron chi connectivity index (χ0n) is 21.9. The average Bonchev–Trinajstić information content (AvgIpc) is 2.88. The number of hydrogen-bond acceptors (Lipinski definition) is 4. The Morgan fingerprint density at radius 1 is 0.947 bits per heavy atom. The normalized spacial score (nSPS) is 12.0. The van der Waals surface area contributed by atoms with Crippen LogP contribution in [0.2, 0.25) is 0 Å². The molecule has 7 nitrogen and oxygen atoms in total. The van der Waals surface area contributed by atoms with E-state index in [0.29, 0.717) is 18.7 Å². The molecule has 0 saturated heterocycles. The molecule has 0 aliphatic rings. The van der Waals surface area contributed by atoms with Gasteiger partial charge < -0.3 is 10.2 Å². The topological polar surface area (TPSA) is 86.8 Å². The zero-order chi connectivity index (χ0) is 27.7. The summed E-state index contributed by atoms with van der Waals surface area (Å²) in [4.78, 5) is 28.9. The van der Waals surface area contributed by atoms with E-state index in [-0.39, 0.29) is 12.5 Å². The summed E-state index contributed by atoms with van der Waals surface area (Å²) in [5.41, 5.74) is 3.08. The second-order valence-electron chi connectivity index (χ2n) is 9.25. The van der Waals surface area contributed by atoms with Crippen molar-refractivity contribution in [2.24, 2.45) is 0 Å². The van der Waals surface area contributed by atoms with Crippen LogP contribution in [0.5, 0.6) is 0 Å². The number of halogens is 1. The van der Waals surface area contributed by atoms with Gasteiger partial charge in [0.15, 0.2) is 0 Å². The van der Waals surface area contributed by atoms with Crippen molar-refractivity contribution in [3.8, 4) is 0 Å². The Morgan fingerprint density at radius 2 is 1.61 bits per heavy atom. The van der Waals surface area contributed by atoms with Crippen molar-refractivity contribution in [1.29, 1.82) is 0 Å². The predicted octanol–water partition coefficient (Wildman–Crippen LogP) is 4.69. The van der Waals surface area contributed by atoms with Gasteiger partial charge in [-0.05, 0) is 48.7 Å². The lowest BCUT2D eigenvalue weighted by Crippen LogP contribution is -2.53.